The molecule has 3 aromatic rings. The van der Waals surface area contributed by atoms with Crippen molar-refractivity contribution in [1.82, 2.24) is 9.55 Å². The first-order valence-corrected chi connectivity index (χ1v) is 8.56. The Morgan fingerprint density at radius 3 is 2.83 bits per heavy atom. The Bertz CT molecular complexity index is 972. The van der Waals surface area contributed by atoms with Crippen molar-refractivity contribution < 1.29 is 15.0 Å². The van der Waals surface area contributed by atoms with Crippen LogP contribution in [0.4, 0.5) is 0 Å². The Balaban J connectivity index is 1.77. The Kier molecular flexibility index (Phi) is 2.48. The van der Waals surface area contributed by atoms with Crippen LogP contribution in [-0.4, -0.2) is 25.5 Å². The average Bonchev–Trinajstić information content (AvgIpc) is 3.11. The van der Waals surface area contributed by atoms with Crippen molar-refractivity contribution in [3.63, 3.8) is 0 Å². The molecule has 0 saturated heterocycles. The van der Waals surface area contributed by atoms with Crippen LogP contribution in [0.25, 0.3) is 15.9 Å². The zero-order valence-electron chi connectivity index (χ0n) is 12.2. The largest absolute Gasteiger partial charge is 0.494 e. The number of carbonyl (C=O) groups excluding carboxylic acids is 1. The van der Waals surface area contributed by atoms with E-state index in [1.54, 1.807) is 5.51 Å². The predicted molar refractivity (Wildman–Crippen MR) is 86.6 cm³/mol. The van der Waals surface area contributed by atoms with Gasteiger partial charge in [-0.05, 0) is 37.0 Å². The third kappa shape index (κ3) is 1.61. The summed E-state index contributed by atoms with van der Waals surface area (Å²) in [5, 5.41) is 21.4. The third-order valence-electron chi connectivity index (χ3n) is 5.17. The fourth-order valence-electron chi connectivity index (χ4n) is 4.12. The normalized spacial score (nSPS) is 22.7. The van der Waals surface area contributed by atoms with Gasteiger partial charge in [-0.25, -0.2) is 4.98 Å². The minimum absolute atomic E-state index is 0.00381. The molecule has 3 aliphatic carbocycles. The monoisotopic (exact) mass is 326 g/mol. The van der Waals surface area contributed by atoms with Crippen molar-refractivity contribution in [2.75, 3.05) is 0 Å². The number of hydrogen-bond donors (Lipinski definition) is 2. The van der Waals surface area contributed by atoms with E-state index in [1.165, 1.54) is 15.9 Å². The number of nitrogens with zero attached hydrogens (tertiary/aromatic N) is 2. The molecule has 6 heteroatoms. The lowest BCUT2D eigenvalue weighted by atomic mass is 9.67. The summed E-state index contributed by atoms with van der Waals surface area (Å²) < 4.78 is 2.46. The minimum Gasteiger partial charge on any atom is -0.494 e. The molecule has 1 saturated carbocycles. The van der Waals surface area contributed by atoms with Crippen LogP contribution in [-0.2, 0) is 4.79 Å². The van der Waals surface area contributed by atoms with Gasteiger partial charge in [0, 0.05) is 23.5 Å². The van der Waals surface area contributed by atoms with Crippen molar-refractivity contribution in [3.05, 3.63) is 34.8 Å². The lowest BCUT2D eigenvalue weighted by Gasteiger charge is -2.34. The molecule has 0 unspecified atom stereocenters. The number of fused-ring (bicyclic) bond motifs is 3. The van der Waals surface area contributed by atoms with E-state index >= 15 is 0 Å². The molecular weight excluding hydrogens is 312 g/mol. The molecule has 5 nitrogen and oxygen atoms in total. The highest BCUT2D eigenvalue weighted by molar-refractivity contribution is 7.16. The smallest absolute Gasteiger partial charge is 0.202 e. The van der Waals surface area contributed by atoms with E-state index in [9.17, 15) is 15.0 Å². The van der Waals surface area contributed by atoms with Crippen molar-refractivity contribution in [2.45, 2.75) is 31.1 Å². The van der Waals surface area contributed by atoms with E-state index in [0.29, 0.717) is 17.7 Å². The van der Waals surface area contributed by atoms with Crippen molar-refractivity contribution in [2.24, 2.45) is 0 Å². The maximum atomic E-state index is 12.2. The number of carbonyl (C=O) groups is 1. The van der Waals surface area contributed by atoms with E-state index in [1.807, 2.05) is 18.2 Å². The number of Topliss-reactive ketones (excluding diaryl/α,β-unsaturated/α-hetero) is 1. The van der Waals surface area contributed by atoms with Gasteiger partial charge in [-0.2, -0.15) is 0 Å². The summed E-state index contributed by atoms with van der Waals surface area (Å²) in [6.07, 6.45) is 2.14. The Labute approximate surface area is 135 Å². The van der Waals surface area contributed by atoms with Gasteiger partial charge >= 0.3 is 0 Å². The number of ketones is 1. The molecule has 2 bridgehead atoms. The topological polar surface area (TPSA) is 75.3 Å². The number of aromatic hydroxyl groups is 2. The summed E-state index contributed by atoms with van der Waals surface area (Å²) in [5.41, 5.74) is 4.76. The van der Waals surface area contributed by atoms with Gasteiger partial charge < -0.3 is 10.2 Å². The molecule has 3 aliphatic rings. The molecule has 116 valence electrons. The Morgan fingerprint density at radius 2 is 2.00 bits per heavy atom. The molecule has 2 N–H and O–H groups in total. The number of rotatable bonds is 1. The fourth-order valence-corrected chi connectivity index (χ4v) is 4.83. The zero-order valence-corrected chi connectivity index (χ0v) is 13.0. The lowest BCUT2D eigenvalue weighted by molar-refractivity contribution is -0.123. The van der Waals surface area contributed by atoms with Gasteiger partial charge in [-0.1, -0.05) is 0 Å². The lowest BCUT2D eigenvalue weighted by Crippen LogP contribution is -2.28. The van der Waals surface area contributed by atoms with Gasteiger partial charge in [0.1, 0.15) is 5.78 Å². The maximum Gasteiger partial charge on any atom is 0.202 e. The molecular formula is C17H14N2O3S. The molecule has 0 spiro atoms. The first kappa shape index (κ1) is 13.1. The molecule has 2 atom stereocenters. The number of hydrogen-bond acceptors (Lipinski definition) is 5. The summed E-state index contributed by atoms with van der Waals surface area (Å²) in [6, 6.07) is 5.61. The van der Waals surface area contributed by atoms with E-state index < -0.39 is 0 Å². The number of thiazole rings is 1. The van der Waals surface area contributed by atoms with E-state index in [0.717, 1.165) is 28.6 Å². The highest BCUT2D eigenvalue weighted by Crippen LogP contribution is 2.55. The minimum atomic E-state index is -0.269. The number of benzene rings is 1. The highest BCUT2D eigenvalue weighted by Gasteiger charge is 2.45. The van der Waals surface area contributed by atoms with Crippen LogP contribution in [0.1, 0.15) is 42.2 Å². The second-order valence-corrected chi connectivity index (χ2v) is 7.20. The quantitative estimate of drug-likeness (QED) is 0.718. The summed E-state index contributed by atoms with van der Waals surface area (Å²) in [4.78, 5) is 16.4. The molecule has 6 rings (SSSR count). The average molecular weight is 326 g/mol. The second-order valence-electron chi connectivity index (χ2n) is 6.31. The van der Waals surface area contributed by atoms with Crippen LogP contribution in [0.15, 0.2) is 23.7 Å². The van der Waals surface area contributed by atoms with Crippen LogP contribution in [0.2, 0.25) is 0 Å². The van der Waals surface area contributed by atoms with Gasteiger partial charge in [0.25, 0.3) is 0 Å². The highest BCUT2D eigenvalue weighted by atomic mass is 32.1. The fraction of sp³-hybridized carbons (Fsp3) is 0.294. The summed E-state index contributed by atoms with van der Waals surface area (Å²) in [6.45, 7) is 0. The van der Waals surface area contributed by atoms with Crippen molar-refractivity contribution >= 4 is 27.3 Å². The Hall–Kier alpha value is -2.34. The zero-order chi connectivity index (χ0) is 15.7. The van der Waals surface area contributed by atoms with Gasteiger partial charge in [-0.15, -0.1) is 11.3 Å². The summed E-state index contributed by atoms with van der Waals surface area (Å²) in [7, 11) is 0. The van der Waals surface area contributed by atoms with Gasteiger partial charge in [0.05, 0.1) is 21.4 Å². The second kappa shape index (κ2) is 4.35. The summed E-state index contributed by atoms with van der Waals surface area (Å²) in [5.74, 6) is 0.0165. The van der Waals surface area contributed by atoms with Crippen LogP contribution in [0.5, 0.6) is 11.8 Å². The van der Waals surface area contributed by atoms with E-state index in [4.69, 9.17) is 0 Å². The molecule has 2 aromatic heterocycles. The van der Waals surface area contributed by atoms with Gasteiger partial charge in [0.15, 0.2) is 0 Å². The van der Waals surface area contributed by atoms with Crippen LogP contribution >= 0.6 is 11.3 Å². The van der Waals surface area contributed by atoms with Gasteiger partial charge in [-0.3, -0.25) is 9.36 Å². The van der Waals surface area contributed by atoms with Crippen molar-refractivity contribution in [1.29, 1.82) is 0 Å². The van der Waals surface area contributed by atoms with E-state index in [-0.39, 0.29) is 29.4 Å². The summed E-state index contributed by atoms with van der Waals surface area (Å²) >= 11 is 1.51. The predicted octanol–water partition coefficient (Wildman–Crippen LogP) is 3.43. The molecule has 1 fully saturated rings. The molecule has 0 aliphatic heterocycles. The third-order valence-corrected chi connectivity index (χ3v) is 5.96. The van der Waals surface area contributed by atoms with Crippen LogP contribution < -0.4 is 0 Å². The Morgan fingerprint density at radius 1 is 1.17 bits per heavy atom. The molecule has 1 aromatic carbocycles. The SMILES string of the molecule is O=C1C[C@@H]2CC[C@H]1c1c2c(O)n(-c2ccc3ncsc3c2)c1O. The van der Waals surface area contributed by atoms with E-state index in [2.05, 4.69) is 4.98 Å². The first-order valence-electron chi connectivity index (χ1n) is 7.68. The first-order chi connectivity index (χ1) is 11.1. The van der Waals surface area contributed by atoms with Crippen molar-refractivity contribution in [3.8, 4) is 17.4 Å². The van der Waals surface area contributed by atoms with Crippen LogP contribution in [0.3, 0.4) is 0 Å². The molecule has 2 heterocycles. The standard InChI is InChI=1S/C17H14N2O3S/c20-12-5-8-1-3-10(12)15-14(8)16(21)19(17(15)22)9-2-4-11-13(6-9)23-7-18-11/h2,4,6-8,10,21-22H,1,3,5H2/t8-,10+/m0/s1. The molecule has 0 amide bonds. The maximum absolute atomic E-state index is 12.2. The number of aromatic nitrogens is 2. The van der Waals surface area contributed by atoms with Gasteiger partial charge in [0.2, 0.25) is 11.8 Å². The van der Waals surface area contributed by atoms with Crippen LogP contribution in [0, 0.1) is 0 Å². The molecule has 0 radical (unpaired) electrons. The molecule has 23 heavy (non-hydrogen) atoms.